The Morgan fingerprint density at radius 3 is 2.58 bits per heavy atom. The van der Waals surface area contributed by atoms with Crippen molar-refractivity contribution in [1.82, 2.24) is 19.6 Å². The van der Waals surface area contributed by atoms with Gasteiger partial charge in [0.05, 0.1) is 18.0 Å². The maximum atomic E-state index is 12.5. The van der Waals surface area contributed by atoms with Gasteiger partial charge in [0.2, 0.25) is 0 Å². The van der Waals surface area contributed by atoms with Crippen LogP contribution in [0, 0.1) is 10.1 Å². The zero-order valence-corrected chi connectivity index (χ0v) is 17.2. The van der Waals surface area contributed by atoms with Crippen LogP contribution in [0.4, 0.5) is 11.5 Å². The number of hydrogen-bond acceptors (Lipinski definition) is 6. The Hall–Kier alpha value is -3.63. The molecular formula is C19H14Cl2N6O4. The standard InChI is InChI=1S/C19H14Cl2N6O4/c20-13-3-1-12(2-4-13)8-26-11-16(21)18(24-26)23-19(28)17-6-5-15(31-17)10-25-9-14(7-22-25)27(29)30/h1-7,9,11H,8,10H2,(H,23,24,28). The first-order valence-electron chi connectivity index (χ1n) is 8.91. The van der Waals surface area contributed by atoms with E-state index in [-0.39, 0.29) is 28.8 Å². The monoisotopic (exact) mass is 460 g/mol. The second-order valence-corrected chi connectivity index (χ2v) is 7.37. The molecule has 0 radical (unpaired) electrons. The molecule has 4 rings (SSSR count). The van der Waals surface area contributed by atoms with Gasteiger partial charge in [-0.15, -0.1) is 0 Å². The van der Waals surface area contributed by atoms with Gasteiger partial charge in [-0.25, -0.2) is 0 Å². The van der Waals surface area contributed by atoms with Crippen LogP contribution in [0.25, 0.3) is 0 Å². The number of hydrogen-bond donors (Lipinski definition) is 1. The highest BCUT2D eigenvalue weighted by Gasteiger charge is 2.17. The fourth-order valence-corrected chi connectivity index (χ4v) is 3.11. The maximum Gasteiger partial charge on any atom is 0.307 e. The number of benzene rings is 1. The number of carbonyl (C=O) groups excluding carboxylic acids is 1. The topological polar surface area (TPSA) is 121 Å². The van der Waals surface area contributed by atoms with Gasteiger partial charge in [0.25, 0.3) is 5.91 Å². The summed E-state index contributed by atoms with van der Waals surface area (Å²) in [5, 5.41) is 22.4. The molecule has 3 aromatic heterocycles. The summed E-state index contributed by atoms with van der Waals surface area (Å²) in [4.78, 5) is 22.7. The van der Waals surface area contributed by atoms with E-state index in [1.54, 1.807) is 29.1 Å². The molecule has 0 saturated heterocycles. The van der Waals surface area contributed by atoms with Crippen LogP contribution in [0.2, 0.25) is 10.0 Å². The van der Waals surface area contributed by atoms with Gasteiger partial charge < -0.3 is 9.73 Å². The maximum absolute atomic E-state index is 12.5. The zero-order chi connectivity index (χ0) is 22.0. The summed E-state index contributed by atoms with van der Waals surface area (Å²) >= 11 is 12.1. The second kappa shape index (κ2) is 8.62. The molecule has 158 valence electrons. The van der Waals surface area contributed by atoms with E-state index >= 15 is 0 Å². The second-order valence-electron chi connectivity index (χ2n) is 6.52. The van der Waals surface area contributed by atoms with Crippen molar-refractivity contribution < 1.29 is 14.1 Å². The summed E-state index contributed by atoms with van der Waals surface area (Å²) in [5.41, 5.74) is 0.837. The molecule has 31 heavy (non-hydrogen) atoms. The molecule has 3 heterocycles. The number of nitro groups is 1. The molecule has 0 unspecified atom stereocenters. The molecule has 0 aliphatic rings. The van der Waals surface area contributed by atoms with Crippen LogP contribution in [0.15, 0.2) is 59.4 Å². The van der Waals surface area contributed by atoms with E-state index in [2.05, 4.69) is 15.5 Å². The van der Waals surface area contributed by atoms with Gasteiger partial charge in [-0.2, -0.15) is 10.2 Å². The molecular weight excluding hydrogens is 447 g/mol. The van der Waals surface area contributed by atoms with Crippen molar-refractivity contribution in [3.63, 3.8) is 0 Å². The lowest BCUT2D eigenvalue weighted by Crippen LogP contribution is -2.12. The van der Waals surface area contributed by atoms with Gasteiger partial charge in [0.1, 0.15) is 23.2 Å². The molecule has 1 aromatic carbocycles. The molecule has 0 saturated carbocycles. The van der Waals surface area contributed by atoms with E-state index < -0.39 is 10.8 Å². The molecule has 12 heteroatoms. The van der Waals surface area contributed by atoms with Gasteiger partial charge in [-0.05, 0) is 29.8 Å². The number of nitrogens with one attached hydrogen (secondary N) is 1. The van der Waals surface area contributed by atoms with Crippen molar-refractivity contribution in [3.8, 4) is 0 Å². The molecule has 1 amide bonds. The zero-order valence-electron chi connectivity index (χ0n) is 15.7. The largest absolute Gasteiger partial charge is 0.454 e. The number of halogens is 2. The molecule has 0 aliphatic carbocycles. The summed E-state index contributed by atoms with van der Waals surface area (Å²) in [6.45, 7) is 0.589. The highest BCUT2D eigenvalue weighted by atomic mass is 35.5. The van der Waals surface area contributed by atoms with E-state index in [1.807, 2.05) is 12.1 Å². The van der Waals surface area contributed by atoms with Crippen LogP contribution in [0.3, 0.4) is 0 Å². The Morgan fingerprint density at radius 1 is 1.10 bits per heavy atom. The third-order valence-electron chi connectivity index (χ3n) is 4.24. The molecule has 0 spiro atoms. The first kappa shape index (κ1) is 20.6. The predicted octanol–water partition coefficient (Wildman–Crippen LogP) is 4.24. The van der Waals surface area contributed by atoms with Crippen LogP contribution < -0.4 is 5.32 Å². The van der Waals surface area contributed by atoms with Crippen LogP contribution >= 0.6 is 23.2 Å². The minimum absolute atomic E-state index is 0.0416. The molecule has 1 N–H and O–H groups in total. The quantitative estimate of drug-likeness (QED) is 0.325. The van der Waals surface area contributed by atoms with Crippen molar-refractivity contribution >= 4 is 40.6 Å². The molecule has 0 bridgehead atoms. The van der Waals surface area contributed by atoms with Gasteiger partial charge in [-0.1, -0.05) is 35.3 Å². The van der Waals surface area contributed by atoms with Gasteiger partial charge in [0.15, 0.2) is 11.6 Å². The minimum atomic E-state index is -0.541. The lowest BCUT2D eigenvalue weighted by molar-refractivity contribution is -0.385. The van der Waals surface area contributed by atoms with Gasteiger partial charge in [-0.3, -0.25) is 24.3 Å². The Labute approximate surface area is 185 Å². The van der Waals surface area contributed by atoms with Crippen LogP contribution in [-0.2, 0) is 13.1 Å². The average Bonchev–Trinajstić information content (AvgIpc) is 3.45. The van der Waals surface area contributed by atoms with E-state index in [1.165, 1.54) is 16.9 Å². The Kier molecular flexibility index (Phi) is 5.74. The highest BCUT2D eigenvalue weighted by Crippen LogP contribution is 2.22. The minimum Gasteiger partial charge on any atom is -0.454 e. The normalized spacial score (nSPS) is 10.9. The van der Waals surface area contributed by atoms with Crippen molar-refractivity contribution in [2.45, 2.75) is 13.1 Å². The van der Waals surface area contributed by atoms with Crippen molar-refractivity contribution in [2.24, 2.45) is 0 Å². The van der Waals surface area contributed by atoms with Crippen LogP contribution in [-0.4, -0.2) is 30.4 Å². The number of furan rings is 1. The third kappa shape index (κ3) is 4.93. The third-order valence-corrected chi connectivity index (χ3v) is 4.77. The fourth-order valence-electron chi connectivity index (χ4n) is 2.79. The first-order valence-corrected chi connectivity index (χ1v) is 9.67. The van der Waals surface area contributed by atoms with E-state index in [9.17, 15) is 14.9 Å². The number of anilines is 1. The summed E-state index contributed by atoms with van der Waals surface area (Å²) in [7, 11) is 0. The first-order chi connectivity index (χ1) is 14.9. The molecule has 0 aliphatic heterocycles. The SMILES string of the molecule is O=C(Nc1nn(Cc2ccc(Cl)cc2)cc1Cl)c1ccc(Cn2cc([N+](=O)[O-])cn2)o1. The summed E-state index contributed by atoms with van der Waals surface area (Å²) in [6, 6.07) is 10.4. The lowest BCUT2D eigenvalue weighted by Gasteiger charge is -2.02. The van der Waals surface area contributed by atoms with E-state index in [4.69, 9.17) is 27.6 Å². The number of nitrogens with zero attached hydrogens (tertiary/aromatic N) is 5. The van der Waals surface area contributed by atoms with Gasteiger partial charge >= 0.3 is 5.69 Å². The molecule has 10 nitrogen and oxygen atoms in total. The lowest BCUT2D eigenvalue weighted by atomic mass is 10.2. The Balaban J connectivity index is 1.40. The summed E-state index contributed by atoms with van der Waals surface area (Å²) in [6.07, 6.45) is 4.01. The molecule has 0 atom stereocenters. The van der Waals surface area contributed by atoms with Crippen molar-refractivity contribution in [2.75, 3.05) is 5.32 Å². The number of amides is 1. The summed E-state index contributed by atoms with van der Waals surface area (Å²) in [5.74, 6) is 0.111. The highest BCUT2D eigenvalue weighted by molar-refractivity contribution is 6.33. The van der Waals surface area contributed by atoms with E-state index in [0.29, 0.717) is 17.3 Å². The smallest absolute Gasteiger partial charge is 0.307 e. The molecule has 4 aromatic rings. The van der Waals surface area contributed by atoms with Crippen molar-refractivity contribution in [1.29, 1.82) is 0 Å². The average molecular weight is 461 g/mol. The summed E-state index contributed by atoms with van der Waals surface area (Å²) < 4.78 is 8.45. The van der Waals surface area contributed by atoms with Crippen molar-refractivity contribution in [3.05, 3.63) is 92.2 Å². The van der Waals surface area contributed by atoms with Crippen LogP contribution in [0.5, 0.6) is 0 Å². The number of carbonyl (C=O) groups is 1. The Morgan fingerprint density at radius 2 is 1.87 bits per heavy atom. The van der Waals surface area contributed by atoms with E-state index in [0.717, 1.165) is 11.8 Å². The van der Waals surface area contributed by atoms with Crippen LogP contribution in [0.1, 0.15) is 21.9 Å². The predicted molar refractivity (Wildman–Crippen MR) is 112 cm³/mol. The number of rotatable bonds is 7. The number of aromatic nitrogens is 4. The fraction of sp³-hybridized carbons (Fsp3) is 0.105. The molecule has 0 fully saturated rings. The van der Waals surface area contributed by atoms with Gasteiger partial charge in [0, 0.05) is 11.2 Å². The Bertz CT molecular complexity index is 1240.